The summed E-state index contributed by atoms with van der Waals surface area (Å²) in [5, 5.41) is 33.8. The molecule has 0 saturated heterocycles. The van der Waals surface area contributed by atoms with Crippen LogP contribution in [0.25, 0.3) is 0 Å². The van der Waals surface area contributed by atoms with E-state index in [0.29, 0.717) is 0 Å². The van der Waals surface area contributed by atoms with Gasteiger partial charge in [0, 0.05) is 0 Å². The Bertz CT molecular complexity index is 277. The molecule has 0 aliphatic heterocycles. The molecular weight excluding hydrogens is 317 g/mol. The SMILES string of the molecule is O=C(O)CC(O)(CC(=O)O)C(=O)O.[Cl][Al]([Cl])[Cl]. The third-order valence-corrected chi connectivity index (χ3v) is 1.29. The molecule has 17 heavy (non-hydrogen) atoms. The van der Waals surface area contributed by atoms with Gasteiger partial charge in [-0.2, -0.15) is 0 Å². The van der Waals surface area contributed by atoms with Crippen molar-refractivity contribution in [2.24, 2.45) is 0 Å². The number of carbonyl (C=O) groups is 3. The molecule has 0 saturated carbocycles. The Morgan fingerprint density at radius 1 is 0.941 bits per heavy atom. The quantitative estimate of drug-likeness (QED) is 0.539. The number of carboxylic acid groups (broad SMARTS) is 3. The zero-order valence-corrected chi connectivity index (χ0v) is 11.6. The minimum atomic E-state index is -2.74. The van der Waals surface area contributed by atoms with Crippen LogP contribution in [0.15, 0.2) is 0 Å². The molecule has 11 heteroatoms. The van der Waals surface area contributed by atoms with Gasteiger partial charge in [0.2, 0.25) is 0 Å². The molecule has 0 aromatic rings. The Labute approximate surface area is 113 Å². The zero-order valence-electron chi connectivity index (χ0n) is 8.14. The van der Waals surface area contributed by atoms with Crippen LogP contribution in [0.4, 0.5) is 0 Å². The second kappa shape index (κ2) is 8.80. The van der Waals surface area contributed by atoms with Crippen molar-refractivity contribution < 1.29 is 34.8 Å². The number of hydrogen-bond donors (Lipinski definition) is 4. The summed E-state index contributed by atoms with van der Waals surface area (Å²) in [5.74, 6) is -5.02. The number of halogens is 3. The molecule has 0 radical (unpaired) electrons. The van der Waals surface area contributed by atoms with Gasteiger partial charge < -0.3 is 20.4 Å². The Balaban J connectivity index is 0. The number of aliphatic hydroxyl groups is 1. The molecule has 7 nitrogen and oxygen atoms in total. The average molecular weight is 325 g/mol. The van der Waals surface area contributed by atoms with E-state index in [1.807, 2.05) is 0 Å². The third kappa shape index (κ3) is 12.0. The van der Waals surface area contributed by atoms with E-state index in [4.69, 9.17) is 50.6 Å². The molecular formula is C6H8AlCl3O7. The molecule has 0 bridgehead atoms. The Hall–Kier alpha value is -0.228. The van der Waals surface area contributed by atoms with E-state index in [0.717, 1.165) is 0 Å². The molecule has 98 valence electrons. The highest BCUT2D eigenvalue weighted by atomic mass is 35.8. The van der Waals surface area contributed by atoms with Crippen molar-refractivity contribution in [3.63, 3.8) is 0 Å². The van der Waals surface area contributed by atoms with Crippen molar-refractivity contribution in [1.29, 1.82) is 0 Å². The molecule has 0 aliphatic carbocycles. The Morgan fingerprint density at radius 2 is 1.18 bits per heavy atom. The van der Waals surface area contributed by atoms with Gasteiger partial charge in [0.15, 0.2) is 5.60 Å². The first-order valence-electron chi connectivity index (χ1n) is 3.83. The second-order valence-corrected chi connectivity index (χ2v) is 9.16. The fourth-order valence-electron chi connectivity index (χ4n) is 0.714. The van der Waals surface area contributed by atoms with Crippen LogP contribution >= 0.6 is 30.1 Å². The summed E-state index contributed by atoms with van der Waals surface area (Å²) in [4.78, 5) is 30.5. The predicted octanol–water partition coefficient (Wildman–Crippen LogP) is 0.439. The van der Waals surface area contributed by atoms with Crippen molar-refractivity contribution in [3.05, 3.63) is 0 Å². The van der Waals surface area contributed by atoms with Crippen molar-refractivity contribution >= 4 is 59.4 Å². The maximum atomic E-state index is 10.3. The highest BCUT2D eigenvalue weighted by molar-refractivity contribution is 7.54. The van der Waals surface area contributed by atoms with Crippen LogP contribution in [-0.2, 0) is 14.4 Å². The fraction of sp³-hybridized carbons (Fsp3) is 0.500. The summed E-state index contributed by atoms with van der Waals surface area (Å²) in [6, 6.07) is 0. The van der Waals surface area contributed by atoms with E-state index < -0.39 is 47.7 Å². The summed E-state index contributed by atoms with van der Waals surface area (Å²) in [6.45, 7) is 0. The number of carboxylic acids is 3. The Morgan fingerprint density at radius 3 is 1.29 bits per heavy atom. The highest BCUT2D eigenvalue weighted by Gasteiger charge is 2.40. The number of rotatable bonds is 5. The number of hydrogen-bond acceptors (Lipinski definition) is 4. The molecule has 0 aromatic heterocycles. The maximum absolute atomic E-state index is 10.3. The van der Waals surface area contributed by atoms with Gasteiger partial charge in [0.25, 0.3) is 0 Å². The van der Waals surface area contributed by atoms with Crippen LogP contribution in [0, 0.1) is 0 Å². The summed E-state index contributed by atoms with van der Waals surface area (Å²) >= 11 is -1.72. The molecule has 0 spiro atoms. The minimum absolute atomic E-state index is 1.14. The van der Waals surface area contributed by atoms with Crippen molar-refractivity contribution in [3.8, 4) is 0 Å². The Kier molecular flexibility index (Phi) is 9.90. The fourth-order valence-corrected chi connectivity index (χ4v) is 0.714. The van der Waals surface area contributed by atoms with Crippen molar-refractivity contribution in [1.82, 2.24) is 0 Å². The van der Waals surface area contributed by atoms with Gasteiger partial charge in [-0.3, -0.25) is 9.59 Å². The standard InChI is InChI=1S/C6H8O7.Al.3ClH/c7-3(8)1-6(13,5(11)12)2-4(9)10;;;;/h13H,1-2H2,(H,7,8)(H,9,10)(H,11,12);;3*1H/q;+3;;;/p-3. The molecule has 0 rings (SSSR count). The third-order valence-electron chi connectivity index (χ3n) is 1.29. The first kappa shape index (κ1) is 19.1. The van der Waals surface area contributed by atoms with Crippen LogP contribution in [0.2, 0.25) is 0 Å². The average Bonchev–Trinajstić information content (AvgIpc) is 1.98. The van der Waals surface area contributed by atoms with E-state index in [1.54, 1.807) is 0 Å². The van der Waals surface area contributed by atoms with Gasteiger partial charge in [-0.1, -0.05) is 0 Å². The molecule has 0 atom stereocenters. The zero-order chi connectivity index (χ0) is 14.2. The second-order valence-electron chi connectivity index (χ2n) is 2.73. The lowest BCUT2D eigenvalue weighted by molar-refractivity contribution is -0.170. The predicted molar refractivity (Wildman–Crippen MR) is 60.4 cm³/mol. The lowest BCUT2D eigenvalue weighted by Crippen LogP contribution is -2.42. The van der Waals surface area contributed by atoms with Gasteiger partial charge in [0.1, 0.15) is 0 Å². The normalized spacial score (nSPS) is 9.88. The first-order valence-corrected chi connectivity index (χ1v) is 9.06. The van der Waals surface area contributed by atoms with Crippen molar-refractivity contribution in [2.75, 3.05) is 0 Å². The van der Waals surface area contributed by atoms with Gasteiger partial charge in [0.05, 0.1) is 12.8 Å². The summed E-state index contributed by atoms with van der Waals surface area (Å²) in [6.07, 6.45) is -2.29. The molecule has 0 heterocycles. The van der Waals surface area contributed by atoms with E-state index in [2.05, 4.69) is 0 Å². The minimum Gasteiger partial charge on any atom is -0.481 e. The van der Waals surface area contributed by atoms with Crippen LogP contribution < -0.4 is 0 Å². The monoisotopic (exact) mass is 324 g/mol. The summed E-state index contributed by atoms with van der Waals surface area (Å²) in [7, 11) is 14.8. The lowest BCUT2D eigenvalue weighted by Gasteiger charge is -2.18. The largest absolute Gasteiger partial charge is 0.643 e. The van der Waals surface area contributed by atoms with Gasteiger partial charge in [-0.15, -0.1) is 0 Å². The van der Waals surface area contributed by atoms with Gasteiger partial charge >= 0.3 is 29.3 Å². The first-order chi connectivity index (χ1) is 7.51. The van der Waals surface area contributed by atoms with Crippen LogP contribution in [0.3, 0.4) is 0 Å². The van der Waals surface area contributed by atoms with Crippen LogP contribution in [0.5, 0.6) is 0 Å². The number of aliphatic carboxylic acids is 3. The molecule has 0 aromatic carbocycles. The highest BCUT2D eigenvalue weighted by Crippen LogP contribution is 2.15. The maximum Gasteiger partial charge on any atom is 0.643 e. The molecule has 4 N–H and O–H groups in total. The lowest BCUT2D eigenvalue weighted by atomic mass is 9.96. The molecule has 0 unspecified atom stereocenters. The van der Waals surface area contributed by atoms with Crippen LogP contribution in [0.1, 0.15) is 12.8 Å². The van der Waals surface area contributed by atoms with Crippen molar-refractivity contribution in [2.45, 2.75) is 18.4 Å². The molecule has 0 aliphatic rings. The van der Waals surface area contributed by atoms with Gasteiger partial charge in [-0.05, 0) is 0 Å². The van der Waals surface area contributed by atoms with Gasteiger partial charge in [-0.25, -0.2) is 34.9 Å². The molecule has 0 fully saturated rings. The topological polar surface area (TPSA) is 132 Å². The van der Waals surface area contributed by atoms with E-state index in [9.17, 15) is 14.4 Å². The molecule has 0 amide bonds. The van der Waals surface area contributed by atoms with E-state index in [1.165, 1.54) is 0 Å². The smallest absolute Gasteiger partial charge is 0.481 e. The summed E-state index contributed by atoms with van der Waals surface area (Å²) < 4.78 is 0. The van der Waals surface area contributed by atoms with Crippen LogP contribution in [-0.4, -0.2) is 55.3 Å². The van der Waals surface area contributed by atoms with E-state index >= 15 is 0 Å². The van der Waals surface area contributed by atoms with E-state index in [-0.39, 0.29) is 0 Å². The summed E-state index contributed by atoms with van der Waals surface area (Å²) in [5.41, 5.74) is -2.74.